The van der Waals surface area contributed by atoms with Gasteiger partial charge in [-0.2, -0.15) is 0 Å². The molecule has 4 rings (SSSR count). The van der Waals surface area contributed by atoms with Crippen molar-refractivity contribution in [3.63, 3.8) is 0 Å². The third-order valence-corrected chi connectivity index (χ3v) is 4.83. The number of fused-ring (bicyclic) bond motifs is 4. The number of aryl methyl sites for hydroxylation is 1. The van der Waals surface area contributed by atoms with E-state index in [0.29, 0.717) is 23.3 Å². The number of rotatable bonds is 0. The van der Waals surface area contributed by atoms with E-state index in [4.69, 9.17) is 4.74 Å². The maximum Gasteiger partial charge on any atom is 0.234 e. The maximum absolute atomic E-state index is 12.7. The lowest BCUT2D eigenvalue weighted by Gasteiger charge is -2.36. The van der Waals surface area contributed by atoms with Crippen molar-refractivity contribution in [3.05, 3.63) is 52.6 Å². The monoisotopic (exact) mass is 306 g/mol. The number of hydrogen-bond donors (Lipinski definition) is 0. The Morgan fingerprint density at radius 1 is 1.04 bits per heavy atom. The van der Waals surface area contributed by atoms with Gasteiger partial charge in [-0.15, -0.1) is 0 Å². The average molecular weight is 306 g/mol. The number of benzene rings is 2. The summed E-state index contributed by atoms with van der Waals surface area (Å²) < 4.78 is 6.13. The van der Waals surface area contributed by atoms with Crippen LogP contribution in [0.25, 0.3) is 16.5 Å². The molecule has 0 spiro atoms. The van der Waals surface area contributed by atoms with Crippen molar-refractivity contribution in [2.75, 3.05) is 0 Å². The van der Waals surface area contributed by atoms with E-state index in [-0.39, 0.29) is 5.60 Å². The van der Waals surface area contributed by atoms with Crippen LogP contribution in [-0.4, -0.2) is 17.2 Å². The van der Waals surface area contributed by atoms with E-state index in [9.17, 15) is 9.59 Å². The highest BCUT2D eigenvalue weighted by Gasteiger charge is 2.40. The predicted molar refractivity (Wildman–Crippen MR) is 89.3 cm³/mol. The molecule has 0 unspecified atom stereocenters. The van der Waals surface area contributed by atoms with Crippen LogP contribution in [0.4, 0.5) is 0 Å². The quantitative estimate of drug-likeness (QED) is 0.685. The summed E-state index contributed by atoms with van der Waals surface area (Å²) in [5.41, 5.74) is 2.56. The first-order valence-electron chi connectivity index (χ1n) is 7.93. The first kappa shape index (κ1) is 14.2. The van der Waals surface area contributed by atoms with Gasteiger partial charge in [0, 0.05) is 16.7 Å². The van der Waals surface area contributed by atoms with E-state index >= 15 is 0 Å². The Bertz CT molecular complexity index is 916. The molecule has 3 nitrogen and oxygen atoms in total. The molecule has 0 aromatic heterocycles. The molecule has 1 aliphatic carbocycles. The lowest BCUT2D eigenvalue weighted by molar-refractivity contribution is -0.112. The predicted octanol–water partition coefficient (Wildman–Crippen LogP) is 4.21. The summed E-state index contributed by atoms with van der Waals surface area (Å²) in [6.07, 6.45) is 1.34. The normalized spacial score (nSPS) is 19.4. The van der Waals surface area contributed by atoms with Gasteiger partial charge >= 0.3 is 0 Å². The minimum Gasteiger partial charge on any atom is -0.487 e. The molecule has 0 amide bonds. The molecule has 0 bridgehead atoms. The fourth-order valence-electron chi connectivity index (χ4n) is 3.59. The molecule has 0 atom stereocenters. The summed E-state index contributed by atoms with van der Waals surface area (Å²) >= 11 is 0. The Morgan fingerprint density at radius 3 is 2.48 bits per heavy atom. The number of Topliss-reactive ketones (excluding diaryl/α,β-unsaturated/α-hetero) is 2. The van der Waals surface area contributed by atoms with E-state index in [2.05, 4.69) is 0 Å². The van der Waals surface area contributed by atoms with E-state index in [1.807, 2.05) is 51.1 Å². The molecule has 2 aromatic rings. The number of carbonyl (C=O) groups excluding carboxylic acids is 2. The third kappa shape index (κ3) is 1.96. The van der Waals surface area contributed by atoms with Gasteiger partial charge in [0.05, 0.1) is 0 Å². The summed E-state index contributed by atoms with van der Waals surface area (Å²) in [4.78, 5) is 25.3. The Labute approximate surface area is 134 Å². The minimum atomic E-state index is -0.406. The van der Waals surface area contributed by atoms with E-state index in [1.54, 1.807) is 0 Å². The van der Waals surface area contributed by atoms with Crippen LogP contribution in [-0.2, 0) is 9.53 Å². The van der Waals surface area contributed by atoms with Gasteiger partial charge < -0.3 is 4.74 Å². The Kier molecular flexibility index (Phi) is 2.80. The van der Waals surface area contributed by atoms with Crippen LogP contribution in [0.3, 0.4) is 0 Å². The third-order valence-electron chi connectivity index (χ3n) is 4.83. The van der Waals surface area contributed by atoms with E-state index < -0.39 is 11.6 Å². The van der Waals surface area contributed by atoms with Crippen LogP contribution < -0.4 is 0 Å². The molecule has 23 heavy (non-hydrogen) atoms. The number of allylic oxidation sites excluding steroid dienone is 1. The van der Waals surface area contributed by atoms with Crippen LogP contribution in [0.15, 0.2) is 35.9 Å². The van der Waals surface area contributed by atoms with Crippen LogP contribution in [0.5, 0.6) is 0 Å². The number of carbonyl (C=O) groups is 2. The first-order chi connectivity index (χ1) is 10.9. The second kappa shape index (κ2) is 4.54. The zero-order valence-corrected chi connectivity index (χ0v) is 13.5. The van der Waals surface area contributed by atoms with Gasteiger partial charge in [0.15, 0.2) is 0 Å². The van der Waals surface area contributed by atoms with Gasteiger partial charge in [0.1, 0.15) is 11.4 Å². The van der Waals surface area contributed by atoms with Crippen LogP contribution in [0.1, 0.15) is 48.2 Å². The summed E-state index contributed by atoms with van der Waals surface area (Å²) in [7, 11) is 0. The van der Waals surface area contributed by atoms with Crippen molar-refractivity contribution in [1.82, 2.24) is 0 Å². The molecule has 0 N–H and O–H groups in total. The molecular formula is C20H18O3. The molecular weight excluding hydrogens is 288 g/mol. The minimum absolute atomic E-state index is 0.323. The lowest BCUT2D eigenvalue weighted by atomic mass is 9.80. The van der Waals surface area contributed by atoms with Crippen molar-refractivity contribution in [2.24, 2.45) is 0 Å². The van der Waals surface area contributed by atoms with Crippen LogP contribution >= 0.6 is 0 Å². The highest BCUT2D eigenvalue weighted by molar-refractivity contribution is 6.54. The lowest BCUT2D eigenvalue weighted by Crippen LogP contribution is -2.34. The second-order valence-corrected chi connectivity index (χ2v) is 6.99. The van der Waals surface area contributed by atoms with E-state index in [0.717, 1.165) is 28.3 Å². The smallest absolute Gasteiger partial charge is 0.234 e. The highest BCUT2D eigenvalue weighted by atomic mass is 16.5. The molecule has 3 heteroatoms. The maximum atomic E-state index is 12.7. The molecule has 116 valence electrons. The van der Waals surface area contributed by atoms with Crippen LogP contribution in [0.2, 0.25) is 0 Å². The molecule has 1 aliphatic heterocycles. The van der Waals surface area contributed by atoms with Gasteiger partial charge in [-0.25, -0.2) is 0 Å². The molecule has 2 aliphatic rings. The summed E-state index contributed by atoms with van der Waals surface area (Å²) in [6.45, 7) is 6.06. The van der Waals surface area contributed by atoms with Gasteiger partial charge in [-0.3, -0.25) is 9.59 Å². The molecule has 1 heterocycles. The Balaban J connectivity index is 2.09. The molecule has 0 saturated carbocycles. The summed E-state index contributed by atoms with van der Waals surface area (Å²) in [5.74, 6) is -0.204. The van der Waals surface area contributed by atoms with Crippen molar-refractivity contribution in [3.8, 4) is 0 Å². The zero-order chi connectivity index (χ0) is 16.4. The first-order valence-corrected chi connectivity index (χ1v) is 7.93. The van der Waals surface area contributed by atoms with Gasteiger partial charge in [-0.05, 0) is 56.0 Å². The molecule has 2 aromatic carbocycles. The van der Waals surface area contributed by atoms with Crippen molar-refractivity contribution in [2.45, 2.75) is 39.2 Å². The van der Waals surface area contributed by atoms with Gasteiger partial charge in [0.25, 0.3) is 0 Å². The molecule has 0 fully saturated rings. The number of ether oxygens (including phenoxy) is 1. The van der Waals surface area contributed by atoms with E-state index in [1.165, 1.54) is 0 Å². The SMILES string of the molecule is Cc1cc2c(c3ccccc13)C(=O)C(=O)C1=C2OC(C)(C)CC1. The average Bonchev–Trinajstić information content (AvgIpc) is 2.52. The molecule has 0 radical (unpaired) electrons. The fourth-order valence-corrected chi connectivity index (χ4v) is 3.59. The molecule has 0 saturated heterocycles. The Hall–Kier alpha value is -2.42. The standard InChI is InChI=1S/C20H18O3/c1-11-10-15-16(13-7-5-4-6-12(11)13)18(22)17(21)14-8-9-20(2,3)23-19(14)15/h4-7,10H,8-9H2,1-3H3. The van der Waals surface area contributed by atoms with Crippen molar-refractivity contribution < 1.29 is 14.3 Å². The second-order valence-electron chi connectivity index (χ2n) is 6.99. The summed E-state index contributed by atoms with van der Waals surface area (Å²) in [6, 6.07) is 9.72. The Morgan fingerprint density at radius 2 is 1.74 bits per heavy atom. The highest BCUT2D eigenvalue weighted by Crippen LogP contribution is 2.43. The number of hydrogen-bond acceptors (Lipinski definition) is 3. The largest absolute Gasteiger partial charge is 0.487 e. The number of ketones is 2. The van der Waals surface area contributed by atoms with Crippen molar-refractivity contribution in [1.29, 1.82) is 0 Å². The zero-order valence-electron chi connectivity index (χ0n) is 13.5. The van der Waals surface area contributed by atoms with Crippen LogP contribution in [0, 0.1) is 6.92 Å². The van der Waals surface area contributed by atoms with Gasteiger partial charge in [0.2, 0.25) is 11.6 Å². The van der Waals surface area contributed by atoms with Crippen molar-refractivity contribution >= 4 is 28.1 Å². The summed E-state index contributed by atoms with van der Waals surface area (Å²) in [5, 5.41) is 1.84. The fraction of sp³-hybridized carbons (Fsp3) is 0.300. The van der Waals surface area contributed by atoms with Gasteiger partial charge in [-0.1, -0.05) is 24.3 Å². The topological polar surface area (TPSA) is 43.4 Å².